The van der Waals surface area contributed by atoms with E-state index >= 15 is 0 Å². The fraction of sp³-hybridized carbons (Fsp3) is 0.231. The molecule has 0 nitrogen and oxygen atoms in total. The van der Waals surface area contributed by atoms with Crippen molar-refractivity contribution in [3.8, 4) is 0 Å². The van der Waals surface area contributed by atoms with Gasteiger partial charge in [-0.3, -0.25) is 6.08 Å². The van der Waals surface area contributed by atoms with Crippen LogP contribution in [-0.2, 0) is 35.1 Å². The maximum absolute atomic E-state index is 2.99. The summed E-state index contributed by atoms with van der Waals surface area (Å²) in [7, 11) is 0. The first-order valence-electron chi connectivity index (χ1n) is 14.1. The predicted octanol–water partition coefficient (Wildman–Crippen LogP) is 10.4. The van der Waals surface area contributed by atoms with Gasteiger partial charge in [0.2, 0.25) is 0 Å². The van der Waals surface area contributed by atoms with Crippen molar-refractivity contribution in [2.75, 3.05) is 0 Å². The summed E-state index contributed by atoms with van der Waals surface area (Å²) in [5.74, 6) is 0. The van der Waals surface area contributed by atoms with Crippen molar-refractivity contribution in [2.45, 2.75) is 58.8 Å². The molecule has 1 aliphatic carbocycles. The summed E-state index contributed by atoms with van der Waals surface area (Å²) < 4.78 is 1.42. The van der Waals surface area contributed by atoms with Gasteiger partial charge in [-0.05, 0) is 10.8 Å². The molecule has 0 aliphatic heterocycles. The van der Waals surface area contributed by atoms with Crippen molar-refractivity contribution >= 4 is 24.8 Å². The standard InChI is InChI=1S/C21H25.C13H10.C5H5.Zr/c1-20(2,3)16-7-9-18-14(12-16)11-15-13-17(21(4,5)6)8-10-19(15)18;1-3-7-12(8-4-1)11-13-9-5-2-6-10-13;1-2-4-5-3-1;/h7-13H,1-6H3;1-10H;1-3H,4H2;/q-1;;-1;+2. The van der Waals surface area contributed by atoms with Gasteiger partial charge in [-0.2, -0.15) is 6.08 Å². The van der Waals surface area contributed by atoms with Crippen molar-refractivity contribution in [1.82, 2.24) is 0 Å². The van der Waals surface area contributed by atoms with E-state index in [1.165, 1.54) is 71.2 Å². The molecule has 0 fully saturated rings. The average molecular weight is 600 g/mol. The fourth-order valence-corrected chi connectivity index (χ4v) is 5.49. The molecule has 200 valence electrons. The summed E-state index contributed by atoms with van der Waals surface area (Å²) in [5, 5.41) is 5.48. The molecule has 0 unspecified atom stereocenters. The van der Waals surface area contributed by atoms with Crippen LogP contribution in [0.4, 0.5) is 0 Å². The summed E-state index contributed by atoms with van der Waals surface area (Å²) >= 11 is 1.46. The van der Waals surface area contributed by atoms with Gasteiger partial charge >= 0.3 is 99.2 Å². The van der Waals surface area contributed by atoms with Gasteiger partial charge in [-0.15, -0.1) is 46.2 Å². The van der Waals surface area contributed by atoms with Crippen LogP contribution in [-0.4, -0.2) is 3.21 Å². The van der Waals surface area contributed by atoms with E-state index < -0.39 is 0 Å². The first-order chi connectivity index (χ1) is 19.0. The molecule has 1 aliphatic rings. The second-order valence-electron chi connectivity index (χ2n) is 12.4. The van der Waals surface area contributed by atoms with Crippen molar-refractivity contribution in [2.24, 2.45) is 0 Å². The van der Waals surface area contributed by atoms with Crippen LogP contribution < -0.4 is 0 Å². The molecule has 0 atom stereocenters. The Hall–Kier alpha value is -3.02. The maximum atomic E-state index is 2.99. The number of hydrogen-bond acceptors (Lipinski definition) is 0. The molecule has 0 heterocycles. The molecule has 0 saturated carbocycles. The Morgan fingerprint density at radius 1 is 0.650 bits per heavy atom. The summed E-state index contributed by atoms with van der Waals surface area (Å²) in [6.45, 7) is 13.6. The third-order valence-corrected chi connectivity index (χ3v) is 8.57. The third kappa shape index (κ3) is 7.80. The van der Waals surface area contributed by atoms with Crippen LogP contribution in [0.3, 0.4) is 0 Å². The van der Waals surface area contributed by atoms with Crippen LogP contribution in [0.2, 0.25) is 0 Å². The zero-order chi connectivity index (χ0) is 28.8. The molecule has 1 heteroatoms. The molecule has 0 N–H and O–H groups in total. The first kappa shape index (κ1) is 30.0. The van der Waals surface area contributed by atoms with Crippen LogP contribution in [0.25, 0.3) is 21.5 Å². The summed E-state index contributed by atoms with van der Waals surface area (Å²) in [6, 6.07) is 37.3. The zero-order valence-electron chi connectivity index (χ0n) is 24.8. The minimum absolute atomic E-state index is 0.203. The van der Waals surface area contributed by atoms with E-state index in [9.17, 15) is 0 Å². The predicted molar refractivity (Wildman–Crippen MR) is 172 cm³/mol. The summed E-state index contributed by atoms with van der Waals surface area (Å²) in [6.07, 6.45) is 10.0. The zero-order valence-corrected chi connectivity index (χ0v) is 27.2. The Kier molecular flexibility index (Phi) is 9.81. The van der Waals surface area contributed by atoms with Gasteiger partial charge < -0.3 is 0 Å². The van der Waals surface area contributed by atoms with E-state index in [2.05, 4.69) is 157 Å². The number of fused-ring (bicyclic) bond motifs is 3. The SMILES string of the molecule is CC(C)(C)c1ccc2c(c1)[cH-]c1cc(C(C)(C)C)ccc12.[C-]1=CC=CC1.[Zr+2]=[C](c1ccccc1)c1ccccc1. The number of allylic oxidation sites excluding steroid dienone is 4. The second-order valence-corrected chi connectivity index (χ2v) is 13.6. The normalized spacial score (nSPS) is 12.6. The number of hydrogen-bond donors (Lipinski definition) is 0. The fourth-order valence-electron chi connectivity index (χ4n) is 4.67. The molecule has 5 aromatic carbocycles. The van der Waals surface area contributed by atoms with E-state index in [1.807, 2.05) is 12.2 Å². The Labute approximate surface area is 256 Å². The van der Waals surface area contributed by atoms with Gasteiger partial charge in [0.1, 0.15) is 0 Å². The quantitative estimate of drug-likeness (QED) is 0.177. The summed E-state index contributed by atoms with van der Waals surface area (Å²) in [4.78, 5) is 0. The Morgan fingerprint density at radius 3 is 1.43 bits per heavy atom. The molecule has 0 spiro atoms. The third-order valence-electron chi connectivity index (χ3n) is 7.15. The Bertz CT molecular complexity index is 1500. The molecular formula is C39H40Zr. The van der Waals surface area contributed by atoms with Crippen LogP contribution in [0.15, 0.2) is 121 Å². The molecule has 0 amide bonds. The van der Waals surface area contributed by atoms with Gasteiger partial charge in [0.05, 0.1) is 0 Å². The van der Waals surface area contributed by atoms with Crippen LogP contribution in [0, 0.1) is 6.08 Å². The molecule has 0 radical (unpaired) electrons. The summed E-state index contributed by atoms with van der Waals surface area (Å²) in [5.41, 5.74) is 5.87. The van der Waals surface area contributed by atoms with Crippen LogP contribution in [0.5, 0.6) is 0 Å². The van der Waals surface area contributed by atoms with Crippen molar-refractivity contribution in [3.05, 3.63) is 150 Å². The van der Waals surface area contributed by atoms with E-state index in [0.717, 1.165) is 6.42 Å². The van der Waals surface area contributed by atoms with Crippen molar-refractivity contribution in [3.63, 3.8) is 0 Å². The van der Waals surface area contributed by atoms with Gasteiger partial charge in [0.25, 0.3) is 0 Å². The first-order valence-corrected chi connectivity index (χ1v) is 15.3. The number of benzene rings is 4. The Balaban J connectivity index is 0.000000166. The number of rotatable bonds is 2. The van der Waals surface area contributed by atoms with Gasteiger partial charge in [-0.1, -0.05) is 76.9 Å². The van der Waals surface area contributed by atoms with E-state index in [0.29, 0.717) is 0 Å². The van der Waals surface area contributed by atoms with Gasteiger partial charge in [0, 0.05) is 0 Å². The topological polar surface area (TPSA) is 0 Å². The second kappa shape index (κ2) is 13.1. The molecule has 5 aromatic rings. The van der Waals surface area contributed by atoms with Crippen molar-refractivity contribution in [1.29, 1.82) is 0 Å². The van der Waals surface area contributed by atoms with Crippen molar-refractivity contribution < 1.29 is 24.2 Å². The minimum atomic E-state index is 0.203. The molecule has 0 saturated heterocycles. The molecule has 0 aromatic heterocycles. The molecule has 40 heavy (non-hydrogen) atoms. The van der Waals surface area contributed by atoms with Gasteiger partial charge in [0.15, 0.2) is 0 Å². The Morgan fingerprint density at radius 2 is 1.10 bits per heavy atom. The van der Waals surface area contributed by atoms with E-state index in [1.54, 1.807) is 0 Å². The molecule has 0 bridgehead atoms. The van der Waals surface area contributed by atoms with Gasteiger partial charge in [-0.25, -0.2) is 12.2 Å². The van der Waals surface area contributed by atoms with Crippen LogP contribution >= 0.6 is 0 Å². The van der Waals surface area contributed by atoms with E-state index in [4.69, 9.17) is 0 Å². The molecular weight excluding hydrogens is 560 g/mol. The molecule has 6 rings (SSSR count). The van der Waals surface area contributed by atoms with Crippen LogP contribution in [0.1, 0.15) is 70.2 Å². The van der Waals surface area contributed by atoms with E-state index in [-0.39, 0.29) is 10.8 Å². The average Bonchev–Trinajstić information content (AvgIpc) is 3.64. The monoisotopic (exact) mass is 598 g/mol.